The first-order valence-corrected chi connectivity index (χ1v) is 11.9. The average Bonchev–Trinajstić information content (AvgIpc) is 3.03. The van der Waals surface area contributed by atoms with Crippen molar-refractivity contribution in [2.45, 2.75) is 44.4 Å². The summed E-state index contributed by atoms with van der Waals surface area (Å²) in [6.45, 7) is 2.41. The SMILES string of the molecule is C[C@@H](COCCC(=O)N1CCN2c3ncc(C(F)(F)F)nc3COC[C@@H]2C1)Nc1cn[nH]c(=O)c1C(F)(F)F. The summed E-state index contributed by atoms with van der Waals surface area (Å²) < 4.78 is 89.5. The number of H-pyrrole nitrogens is 1. The highest BCUT2D eigenvalue weighted by molar-refractivity contribution is 5.76. The van der Waals surface area contributed by atoms with Gasteiger partial charge in [-0.1, -0.05) is 0 Å². The smallest absolute Gasteiger partial charge is 0.379 e. The van der Waals surface area contributed by atoms with Gasteiger partial charge in [0.15, 0.2) is 11.5 Å². The number of aromatic amines is 1. The first-order valence-electron chi connectivity index (χ1n) is 11.9. The summed E-state index contributed by atoms with van der Waals surface area (Å²) in [6.07, 6.45) is -7.95. The number of anilines is 2. The van der Waals surface area contributed by atoms with Crippen LogP contribution in [0.1, 0.15) is 30.3 Å². The first-order chi connectivity index (χ1) is 18.3. The van der Waals surface area contributed by atoms with Crippen LogP contribution in [0.25, 0.3) is 0 Å². The normalized spacial score (nSPS) is 18.7. The molecule has 0 bridgehead atoms. The summed E-state index contributed by atoms with van der Waals surface area (Å²) in [6, 6.07) is -0.957. The van der Waals surface area contributed by atoms with E-state index in [2.05, 4.69) is 20.4 Å². The fourth-order valence-corrected chi connectivity index (χ4v) is 4.36. The van der Waals surface area contributed by atoms with Crippen LogP contribution < -0.4 is 15.8 Å². The fraction of sp³-hybridized carbons (Fsp3) is 0.591. The van der Waals surface area contributed by atoms with Gasteiger partial charge >= 0.3 is 12.4 Å². The summed E-state index contributed by atoms with van der Waals surface area (Å²) in [4.78, 5) is 35.3. The van der Waals surface area contributed by atoms with Gasteiger partial charge in [-0.25, -0.2) is 15.1 Å². The summed E-state index contributed by atoms with van der Waals surface area (Å²) >= 11 is 0. The molecule has 214 valence electrons. The van der Waals surface area contributed by atoms with Gasteiger partial charge < -0.3 is 24.6 Å². The zero-order valence-corrected chi connectivity index (χ0v) is 20.6. The molecule has 2 aliphatic rings. The molecule has 1 saturated heterocycles. The van der Waals surface area contributed by atoms with E-state index in [1.807, 2.05) is 0 Å². The Morgan fingerprint density at radius 2 is 2.00 bits per heavy atom. The Morgan fingerprint density at radius 3 is 2.72 bits per heavy atom. The van der Waals surface area contributed by atoms with Crippen LogP contribution in [-0.2, 0) is 33.2 Å². The van der Waals surface area contributed by atoms with Crippen molar-refractivity contribution in [2.24, 2.45) is 0 Å². The lowest BCUT2D eigenvalue weighted by molar-refractivity contribution is -0.141. The molecule has 0 radical (unpaired) electrons. The Labute approximate surface area is 217 Å². The molecular weight excluding hydrogens is 540 g/mol. The number of amides is 1. The van der Waals surface area contributed by atoms with Crippen molar-refractivity contribution in [3.63, 3.8) is 0 Å². The van der Waals surface area contributed by atoms with Crippen molar-refractivity contribution in [1.82, 2.24) is 25.1 Å². The Morgan fingerprint density at radius 1 is 1.23 bits per heavy atom. The van der Waals surface area contributed by atoms with Crippen molar-refractivity contribution in [2.75, 3.05) is 49.7 Å². The van der Waals surface area contributed by atoms with E-state index in [-0.39, 0.29) is 57.0 Å². The number of piperazine rings is 1. The number of ether oxygens (including phenoxy) is 2. The van der Waals surface area contributed by atoms with Crippen LogP contribution in [0, 0.1) is 0 Å². The number of alkyl halides is 6. The Kier molecular flexibility index (Phi) is 8.29. The molecule has 0 aliphatic carbocycles. The minimum Gasteiger partial charge on any atom is -0.379 e. The molecule has 4 heterocycles. The fourth-order valence-electron chi connectivity index (χ4n) is 4.36. The van der Waals surface area contributed by atoms with Crippen LogP contribution in [-0.4, -0.2) is 82.5 Å². The highest BCUT2D eigenvalue weighted by Gasteiger charge is 2.39. The van der Waals surface area contributed by atoms with Gasteiger partial charge in [0.1, 0.15) is 11.3 Å². The molecule has 0 aromatic carbocycles. The number of nitrogens with zero attached hydrogens (tertiary/aromatic N) is 5. The largest absolute Gasteiger partial charge is 0.434 e. The third-order valence-corrected chi connectivity index (χ3v) is 6.14. The second-order valence-electron chi connectivity index (χ2n) is 9.08. The van der Waals surface area contributed by atoms with Gasteiger partial charge in [-0.3, -0.25) is 9.59 Å². The predicted molar refractivity (Wildman–Crippen MR) is 123 cm³/mol. The highest BCUT2D eigenvalue weighted by atomic mass is 19.4. The zero-order valence-electron chi connectivity index (χ0n) is 20.6. The molecule has 1 fully saturated rings. The van der Waals surface area contributed by atoms with Crippen LogP contribution in [0.15, 0.2) is 17.2 Å². The van der Waals surface area contributed by atoms with E-state index in [4.69, 9.17) is 9.47 Å². The van der Waals surface area contributed by atoms with Crippen molar-refractivity contribution in [1.29, 1.82) is 0 Å². The maximum Gasteiger partial charge on any atom is 0.434 e. The molecule has 0 unspecified atom stereocenters. The average molecular weight is 565 g/mol. The molecule has 17 heteroatoms. The summed E-state index contributed by atoms with van der Waals surface area (Å²) in [7, 11) is 0. The number of fused-ring (bicyclic) bond motifs is 3. The number of aromatic nitrogens is 4. The monoisotopic (exact) mass is 565 g/mol. The number of carbonyl (C=O) groups excluding carboxylic acids is 1. The molecule has 39 heavy (non-hydrogen) atoms. The van der Waals surface area contributed by atoms with Gasteiger partial charge in [0, 0.05) is 25.7 Å². The predicted octanol–water partition coefficient (Wildman–Crippen LogP) is 2.05. The lowest BCUT2D eigenvalue weighted by Gasteiger charge is -2.41. The van der Waals surface area contributed by atoms with Crippen molar-refractivity contribution < 1.29 is 40.6 Å². The molecule has 2 aromatic heterocycles. The quantitative estimate of drug-likeness (QED) is 0.383. The summed E-state index contributed by atoms with van der Waals surface area (Å²) in [5.74, 6) is 0.0723. The van der Waals surface area contributed by atoms with E-state index < -0.39 is 40.9 Å². The van der Waals surface area contributed by atoms with E-state index in [0.717, 1.165) is 6.20 Å². The van der Waals surface area contributed by atoms with Crippen LogP contribution in [0.2, 0.25) is 0 Å². The van der Waals surface area contributed by atoms with Gasteiger partial charge in [0.2, 0.25) is 5.91 Å². The first kappa shape index (κ1) is 28.5. The van der Waals surface area contributed by atoms with E-state index in [9.17, 15) is 35.9 Å². The van der Waals surface area contributed by atoms with Crippen molar-refractivity contribution >= 4 is 17.4 Å². The molecule has 0 saturated carbocycles. The van der Waals surface area contributed by atoms with E-state index in [1.165, 1.54) is 0 Å². The molecule has 2 N–H and O–H groups in total. The maximum atomic E-state index is 13.2. The van der Waals surface area contributed by atoms with Crippen LogP contribution in [0.4, 0.5) is 37.8 Å². The second-order valence-corrected chi connectivity index (χ2v) is 9.08. The molecular formula is C22H25F6N7O4. The maximum absolute atomic E-state index is 13.2. The number of hydrogen-bond donors (Lipinski definition) is 2. The van der Waals surface area contributed by atoms with Gasteiger partial charge in [0.25, 0.3) is 5.56 Å². The molecule has 1 amide bonds. The summed E-state index contributed by atoms with van der Waals surface area (Å²) in [5.41, 5.74) is -4.26. The third kappa shape index (κ3) is 6.76. The summed E-state index contributed by atoms with van der Waals surface area (Å²) in [5, 5.41) is 7.69. The highest BCUT2D eigenvalue weighted by Crippen LogP contribution is 2.33. The molecule has 11 nitrogen and oxygen atoms in total. The minimum atomic E-state index is -4.88. The topological polar surface area (TPSA) is 126 Å². The van der Waals surface area contributed by atoms with Crippen LogP contribution in [0.5, 0.6) is 0 Å². The van der Waals surface area contributed by atoms with Gasteiger partial charge in [-0.2, -0.15) is 31.4 Å². The van der Waals surface area contributed by atoms with Crippen molar-refractivity contribution in [3.8, 4) is 0 Å². The molecule has 2 aromatic rings. The van der Waals surface area contributed by atoms with Gasteiger partial charge in [0.05, 0.1) is 57.0 Å². The number of rotatable bonds is 7. The Hall–Kier alpha value is -3.47. The zero-order chi connectivity index (χ0) is 28.4. The lowest BCUT2D eigenvalue weighted by atomic mass is 10.1. The number of carbonyl (C=O) groups is 1. The number of hydrogen-bond acceptors (Lipinski definition) is 9. The molecule has 0 spiro atoms. The second kappa shape index (κ2) is 11.3. The van der Waals surface area contributed by atoms with Crippen molar-refractivity contribution in [3.05, 3.63) is 39.7 Å². The number of nitrogens with one attached hydrogen (secondary N) is 2. The molecule has 2 aliphatic heterocycles. The van der Waals surface area contributed by atoms with E-state index in [1.54, 1.807) is 21.8 Å². The lowest BCUT2D eigenvalue weighted by Crippen LogP contribution is -2.56. The molecule has 4 rings (SSSR count). The Bertz CT molecular complexity index is 1240. The minimum absolute atomic E-state index is 0.000509. The standard InChI is InChI=1S/C22H25F6N7O4/c1-12(31-14-6-30-33-20(37)18(14)22(26,27)28)9-38-5-2-17(36)34-3-4-35-13(8-34)10-39-11-15-19(35)29-7-16(32-15)21(23,24)25/h6-7,12-13H,2-5,8-11H2,1H3,(H2,31,33,37)/t12-,13-/m0/s1. The van der Waals surface area contributed by atoms with Gasteiger partial charge in [-0.15, -0.1) is 0 Å². The molecule has 2 atom stereocenters. The van der Waals surface area contributed by atoms with E-state index >= 15 is 0 Å². The van der Waals surface area contributed by atoms with Crippen LogP contribution in [0.3, 0.4) is 0 Å². The Balaban J connectivity index is 1.26. The van der Waals surface area contributed by atoms with Gasteiger partial charge in [-0.05, 0) is 6.92 Å². The third-order valence-electron chi connectivity index (χ3n) is 6.14. The van der Waals surface area contributed by atoms with E-state index in [0.29, 0.717) is 25.1 Å². The van der Waals surface area contributed by atoms with Crippen LogP contribution >= 0.6 is 0 Å². The number of halogens is 6.